The molecule has 2 atom stereocenters. The van der Waals surface area contributed by atoms with Crippen molar-refractivity contribution in [3.8, 4) is 0 Å². The predicted molar refractivity (Wildman–Crippen MR) is 84.2 cm³/mol. The monoisotopic (exact) mass is 304 g/mol. The molecule has 3 N–H and O–H groups in total. The number of benzene rings is 2. The Hall–Kier alpha value is -1.69. The molecule has 0 radical (unpaired) electrons. The van der Waals surface area contributed by atoms with E-state index in [1.807, 2.05) is 25.1 Å². The lowest BCUT2D eigenvalue weighted by atomic mass is 10.0. The Bertz CT molecular complexity index is 682. The highest BCUT2D eigenvalue weighted by molar-refractivity contribution is 7.89. The van der Waals surface area contributed by atoms with Gasteiger partial charge in [-0.1, -0.05) is 42.5 Å². The summed E-state index contributed by atoms with van der Waals surface area (Å²) in [5.74, 6) is 0. The number of sulfonamides is 1. The molecule has 2 rings (SSSR count). The standard InChI is InChI=1S/C16H20N2O2S/c1-12(14-6-4-3-5-7-14)18-13(2)15-8-10-16(11-9-15)21(17,19)20/h3-13,18H,1-2H3,(H2,17,19,20)/t12-,13?/m1/s1. The lowest BCUT2D eigenvalue weighted by Gasteiger charge is -2.21. The fourth-order valence-corrected chi connectivity index (χ4v) is 2.77. The van der Waals surface area contributed by atoms with Gasteiger partial charge in [0.05, 0.1) is 4.90 Å². The van der Waals surface area contributed by atoms with Gasteiger partial charge in [0.25, 0.3) is 0 Å². The zero-order valence-electron chi connectivity index (χ0n) is 12.2. The van der Waals surface area contributed by atoms with E-state index in [0.29, 0.717) is 0 Å². The summed E-state index contributed by atoms with van der Waals surface area (Å²) < 4.78 is 22.5. The molecule has 4 nitrogen and oxygen atoms in total. The molecule has 0 heterocycles. The van der Waals surface area contributed by atoms with Crippen LogP contribution >= 0.6 is 0 Å². The third-order valence-corrected chi connectivity index (χ3v) is 4.44. The zero-order valence-corrected chi connectivity index (χ0v) is 13.0. The van der Waals surface area contributed by atoms with Crippen LogP contribution in [0.5, 0.6) is 0 Å². The van der Waals surface area contributed by atoms with Gasteiger partial charge in [0.2, 0.25) is 10.0 Å². The first-order valence-corrected chi connectivity index (χ1v) is 8.36. The lowest BCUT2D eigenvalue weighted by molar-refractivity contribution is 0.494. The van der Waals surface area contributed by atoms with Crippen LogP contribution < -0.4 is 10.5 Å². The van der Waals surface area contributed by atoms with Crippen molar-refractivity contribution in [2.24, 2.45) is 5.14 Å². The van der Waals surface area contributed by atoms with E-state index < -0.39 is 10.0 Å². The topological polar surface area (TPSA) is 72.2 Å². The largest absolute Gasteiger partial charge is 0.304 e. The molecule has 0 bridgehead atoms. The van der Waals surface area contributed by atoms with Crippen LogP contribution in [0.15, 0.2) is 59.5 Å². The molecule has 0 aliphatic carbocycles. The maximum Gasteiger partial charge on any atom is 0.238 e. The molecule has 0 aromatic heterocycles. The van der Waals surface area contributed by atoms with Crippen LogP contribution in [-0.2, 0) is 10.0 Å². The molecule has 112 valence electrons. The second kappa shape index (κ2) is 6.39. The molecule has 0 saturated heterocycles. The second-order valence-corrected chi connectivity index (χ2v) is 6.70. The Morgan fingerprint density at radius 1 is 0.857 bits per heavy atom. The zero-order chi connectivity index (χ0) is 15.5. The van der Waals surface area contributed by atoms with Crippen LogP contribution in [0.2, 0.25) is 0 Å². The summed E-state index contributed by atoms with van der Waals surface area (Å²) in [6.45, 7) is 4.15. The van der Waals surface area contributed by atoms with Gasteiger partial charge in [0.1, 0.15) is 0 Å². The smallest absolute Gasteiger partial charge is 0.238 e. The average molecular weight is 304 g/mol. The third-order valence-electron chi connectivity index (χ3n) is 3.51. The molecule has 0 aliphatic rings. The molecule has 2 aromatic carbocycles. The van der Waals surface area contributed by atoms with Crippen molar-refractivity contribution >= 4 is 10.0 Å². The normalized spacial score (nSPS) is 14.6. The highest BCUT2D eigenvalue weighted by Gasteiger charge is 2.12. The van der Waals surface area contributed by atoms with E-state index in [1.54, 1.807) is 12.1 Å². The van der Waals surface area contributed by atoms with Crippen LogP contribution in [0.3, 0.4) is 0 Å². The fraction of sp³-hybridized carbons (Fsp3) is 0.250. The minimum Gasteiger partial charge on any atom is -0.304 e. The Morgan fingerprint density at radius 3 is 1.81 bits per heavy atom. The Kier molecular flexibility index (Phi) is 4.77. The van der Waals surface area contributed by atoms with Gasteiger partial charge < -0.3 is 5.32 Å². The van der Waals surface area contributed by atoms with Gasteiger partial charge >= 0.3 is 0 Å². The van der Waals surface area contributed by atoms with Crippen LogP contribution in [-0.4, -0.2) is 8.42 Å². The predicted octanol–water partition coefficient (Wildman–Crippen LogP) is 2.75. The number of hydrogen-bond acceptors (Lipinski definition) is 3. The Balaban J connectivity index is 2.08. The van der Waals surface area contributed by atoms with Crippen molar-refractivity contribution in [3.63, 3.8) is 0 Å². The van der Waals surface area contributed by atoms with Gasteiger partial charge in [-0.2, -0.15) is 0 Å². The van der Waals surface area contributed by atoms with Crippen LogP contribution in [0.1, 0.15) is 37.1 Å². The van der Waals surface area contributed by atoms with E-state index in [2.05, 4.69) is 24.4 Å². The second-order valence-electron chi connectivity index (χ2n) is 5.13. The van der Waals surface area contributed by atoms with Gasteiger partial charge in [0, 0.05) is 12.1 Å². The highest BCUT2D eigenvalue weighted by Crippen LogP contribution is 2.20. The molecule has 21 heavy (non-hydrogen) atoms. The first-order chi connectivity index (χ1) is 9.88. The van der Waals surface area contributed by atoms with Gasteiger partial charge in [-0.15, -0.1) is 0 Å². The SMILES string of the molecule is CC(N[C@H](C)c1ccccc1)c1ccc(S(N)(=O)=O)cc1. The molecule has 0 saturated carbocycles. The molecule has 0 amide bonds. The highest BCUT2D eigenvalue weighted by atomic mass is 32.2. The summed E-state index contributed by atoms with van der Waals surface area (Å²) in [6.07, 6.45) is 0. The van der Waals surface area contributed by atoms with Crippen molar-refractivity contribution < 1.29 is 8.42 Å². The van der Waals surface area contributed by atoms with E-state index in [0.717, 1.165) is 5.56 Å². The minimum absolute atomic E-state index is 0.106. The number of nitrogens with two attached hydrogens (primary N) is 1. The van der Waals surface area contributed by atoms with Gasteiger partial charge in [0.15, 0.2) is 0 Å². The van der Waals surface area contributed by atoms with E-state index in [-0.39, 0.29) is 17.0 Å². The van der Waals surface area contributed by atoms with Crippen molar-refractivity contribution in [1.82, 2.24) is 5.32 Å². The van der Waals surface area contributed by atoms with Crippen LogP contribution in [0.4, 0.5) is 0 Å². The number of nitrogens with one attached hydrogen (secondary N) is 1. The van der Waals surface area contributed by atoms with Crippen molar-refractivity contribution in [3.05, 3.63) is 65.7 Å². The fourth-order valence-electron chi connectivity index (χ4n) is 2.26. The van der Waals surface area contributed by atoms with E-state index in [1.165, 1.54) is 17.7 Å². The van der Waals surface area contributed by atoms with Crippen LogP contribution in [0, 0.1) is 0 Å². The number of primary sulfonamides is 1. The maximum absolute atomic E-state index is 11.2. The van der Waals surface area contributed by atoms with Crippen LogP contribution in [0.25, 0.3) is 0 Å². The first kappa shape index (κ1) is 15.7. The van der Waals surface area contributed by atoms with Gasteiger partial charge in [-0.3, -0.25) is 0 Å². The molecule has 0 aliphatic heterocycles. The molecule has 0 fully saturated rings. The summed E-state index contributed by atoms with van der Waals surface area (Å²) in [6, 6.07) is 17.1. The van der Waals surface area contributed by atoms with E-state index in [9.17, 15) is 8.42 Å². The molecule has 0 spiro atoms. The summed E-state index contributed by atoms with van der Waals surface area (Å²) in [4.78, 5) is 0.134. The van der Waals surface area contributed by atoms with Crippen molar-refractivity contribution in [1.29, 1.82) is 0 Å². The minimum atomic E-state index is -3.63. The van der Waals surface area contributed by atoms with E-state index >= 15 is 0 Å². The lowest BCUT2D eigenvalue weighted by Crippen LogP contribution is -2.22. The molecule has 1 unspecified atom stereocenters. The molecule has 5 heteroatoms. The summed E-state index contributed by atoms with van der Waals surface area (Å²) in [5.41, 5.74) is 2.23. The van der Waals surface area contributed by atoms with Crippen molar-refractivity contribution in [2.45, 2.75) is 30.8 Å². The van der Waals surface area contributed by atoms with E-state index in [4.69, 9.17) is 5.14 Å². The Morgan fingerprint density at radius 2 is 1.33 bits per heavy atom. The summed E-state index contributed by atoms with van der Waals surface area (Å²) >= 11 is 0. The molecule has 2 aromatic rings. The average Bonchev–Trinajstić information content (AvgIpc) is 2.47. The maximum atomic E-state index is 11.2. The first-order valence-electron chi connectivity index (χ1n) is 6.81. The van der Waals surface area contributed by atoms with Crippen molar-refractivity contribution in [2.75, 3.05) is 0 Å². The third kappa shape index (κ3) is 4.14. The molecular formula is C16H20N2O2S. The number of hydrogen-bond donors (Lipinski definition) is 2. The van der Waals surface area contributed by atoms with Gasteiger partial charge in [-0.25, -0.2) is 13.6 Å². The molecular weight excluding hydrogens is 284 g/mol. The summed E-state index contributed by atoms with van der Waals surface area (Å²) in [5, 5.41) is 8.59. The quantitative estimate of drug-likeness (QED) is 0.892. The Labute approximate surface area is 126 Å². The number of rotatable bonds is 5. The van der Waals surface area contributed by atoms with Gasteiger partial charge in [-0.05, 0) is 37.1 Å². The summed E-state index contributed by atoms with van der Waals surface area (Å²) in [7, 11) is -3.63.